The van der Waals surface area contributed by atoms with E-state index in [9.17, 15) is 0 Å². The molecular weight excluding hydrogens is 380 g/mol. The Balaban J connectivity index is 1.91. The Morgan fingerprint density at radius 2 is 2.00 bits per heavy atom. The summed E-state index contributed by atoms with van der Waals surface area (Å²) in [5.41, 5.74) is 7.84. The molecule has 1 saturated heterocycles. The zero-order valence-electron chi connectivity index (χ0n) is 14.0. The van der Waals surface area contributed by atoms with Crippen molar-refractivity contribution in [3.8, 4) is 5.75 Å². The first-order valence-electron chi connectivity index (χ1n) is 8.37. The van der Waals surface area contributed by atoms with Gasteiger partial charge in [0.2, 0.25) is 0 Å². The topological polar surface area (TPSA) is 62.9 Å². The van der Waals surface area contributed by atoms with Crippen molar-refractivity contribution < 1.29 is 4.74 Å². The van der Waals surface area contributed by atoms with Gasteiger partial charge in [0.25, 0.3) is 0 Å². The minimum atomic E-state index is -0.573. The van der Waals surface area contributed by atoms with Crippen molar-refractivity contribution in [3.05, 3.63) is 64.1 Å². The molecule has 25 heavy (non-hydrogen) atoms. The number of methoxy groups -OCH3 is 1. The second-order valence-electron chi connectivity index (χ2n) is 6.46. The first kappa shape index (κ1) is 16.6. The van der Waals surface area contributed by atoms with E-state index in [-0.39, 0.29) is 12.3 Å². The van der Waals surface area contributed by atoms with Gasteiger partial charge in [-0.3, -0.25) is 10.3 Å². The largest absolute Gasteiger partial charge is 0.497 e. The molecule has 0 aromatic heterocycles. The van der Waals surface area contributed by atoms with Crippen LogP contribution in [0.1, 0.15) is 17.5 Å². The summed E-state index contributed by atoms with van der Waals surface area (Å²) in [7, 11) is 1.68. The highest BCUT2D eigenvalue weighted by Gasteiger charge is 2.50. The average Bonchev–Trinajstić information content (AvgIpc) is 3.01. The fraction of sp³-hybridized carbons (Fsp3) is 0.316. The van der Waals surface area contributed by atoms with Gasteiger partial charge in [-0.25, -0.2) is 0 Å². The number of aliphatic imine (C=N–C) groups is 1. The molecule has 0 radical (unpaired) electrons. The van der Waals surface area contributed by atoms with E-state index in [2.05, 4.69) is 50.4 Å². The molecule has 6 heteroatoms. The number of hydrogen-bond acceptors (Lipinski definition) is 5. The van der Waals surface area contributed by atoms with E-state index in [0.29, 0.717) is 0 Å². The van der Waals surface area contributed by atoms with Crippen molar-refractivity contribution in [2.24, 2.45) is 10.7 Å². The zero-order chi connectivity index (χ0) is 17.4. The lowest BCUT2D eigenvalue weighted by Gasteiger charge is -2.43. The Hall–Kier alpha value is -1.89. The van der Waals surface area contributed by atoms with E-state index >= 15 is 0 Å². The van der Waals surface area contributed by atoms with Gasteiger partial charge in [-0.15, -0.1) is 0 Å². The van der Waals surface area contributed by atoms with E-state index in [1.54, 1.807) is 7.11 Å². The number of hydrogen-bond donors (Lipinski definition) is 2. The molecule has 5 nitrogen and oxygen atoms in total. The SMILES string of the molecule is COc1cccc(C2(c3cccc(Br)c3)N=CN3CCC(N)NC32)c1. The molecule has 130 valence electrons. The van der Waals surface area contributed by atoms with Crippen LogP contribution in [0.2, 0.25) is 0 Å². The minimum absolute atomic E-state index is 0.0299. The van der Waals surface area contributed by atoms with Crippen molar-refractivity contribution in [1.29, 1.82) is 0 Å². The van der Waals surface area contributed by atoms with Gasteiger partial charge in [-0.2, -0.15) is 0 Å². The zero-order valence-corrected chi connectivity index (χ0v) is 15.6. The fourth-order valence-corrected chi connectivity index (χ4v) is 4.14. The van der Waals surface area contributed by atoms with E-state index < -0.39 is 5.54 Å². The molecule has 2 aromatic carbocycles. The highest BCUT2D eigenvalue weighted by atomic mass is 79.9. The second-order valence-corrected chi connectivity index (χ2v) is 7.37. The number of benzene rings is 2. The molecule has 3 N–H and O–H groups in total. The number of fused-ring (bicyclic) bond motifs is 1. The lowest BCUT2D eigenvalue weighted by molar-refractivity contribution is 0.148. The lowest BCUT2D eigenvalue weighted by atomic mass is 9.80. The number of nitrogens with one attached hydrogen (secondary N) is 1. The highest BCUT2D eigenvalue weighted by molar-refractivity contribution is 9.10. The molecule has 0 bridgehead atoms. The maximum absolute atomic E-state index is 6.23. The second kappa shape index (κ2) is 6.44. The molecule has 3 unspecified atom stereocenters. The van der Waals surface area contributed by atoms with Crippen LogP contribution in [0.4, 0.5) is 0 Å². The third kappa shape index (κ3) is 2.74. The Bertz CT molecular complexity index is 812. The molecule has 2 heterocycles. The molecule has 4 rings (SSSR count). The molecule has 2 aliphatic heterocycles. The first-order chi connectivity index (χ1) is 12.1. The Morgan fingerprint density at radius 3 is 2.76 bits per heavy atom. The average molecular weight is 401 g/mol. The summed E-state index contributed by atoms with van der Waals surface area (Å²) >= 11 is 3.60. The van der Waals surface area contributed by atoms with Crippen molar-refractivity contribution >= 4 is 22.3 Å². The van der Waals surface area contributed by atoms with Gasteiger partial charge >= 0.3 is 0 Å². The summed E-state index contributed by atoms with van der Waals surface area (Å²) in [6.45, 7) is 0.891. The molecule has 0 spiro atoms. The van der Waals surface area contributed by atoms with Crippen LogP contribution in [0.15, 0.2) is 58.0 Å². The van der Waals surface area contributed by atoms with E-state index in [1.165, 1.54) is 0 Å². The maximum Gasteiger partial charge on any atom is 0.146 e. The lowest BCUT2D eigenvalue weighted by Crippen LogP contribution is -2.63. The van der Waals surface area contributed by atoms with Gasteiger partial charge in [0.1, 0.15) is 17.5 Å². The predicted octanol–water partition coefficient (Wildman–Crippen LogP) is 2.65. The van der Waals surface area contributed by atoms with Gasteiger partial charge in [-0.1, -0.05) is 40.2 Å². The molecule has 2 aromatic rings. The van der Waals surface area contributed by atoms with Crippen LogP contribution in [-0.4, -0.2) is 37.2 Å². The number of halogens is 1. The smallest absolute Gasteiger partial charge is 0.146 e. The Morgan fingerprint density at radius 1 is 1.24 bits per heavy atom. The van der Waals surface area contributed by atoms with Crippen LogP contribution in [0, 0.1) is 0 Å². The van der Waals surface area contributed by atoms with Gasteiger partial charge in [-0.05, 0) is 41.8 Å². The van der Waals surface area contributed by atoms with E-state index in [0.717, 1.165) is 34.3 Å². The summed E-state index contributed by atoms with van der Waals surface area (Å²) in [5.74, 6) is 0.820. The number of rotatable bonds is 3. The molecule has 2 aliphatic rings. The van der Waals surface area contributed by atoms with E-state index in [4.69, 9.17) is 15.5 Å². The molecule has 0 aliphatic carbocycles. The highest BCUT2D eigenvalue weighted by Crippen LogP contribution is 2.43. The third-order valence-corrected chi connectivity index (χ3v) is 5.48. The monoisotopic (exact) mass is 400 g/mol. The number of nitrogens with two attached hydrogens (primary N) is 1. The Kier molecular flexibility index (Phi) is 4.27. The molecule has 0 amide bonds. The van der Waals surface area contributed by atoms with Gasteiger partial charge in [0.15, 0.2) is 0 Å². The first-order valence-corrected chi connectivity index (χ1v) is 9.16. The van der Waals surface area contributed by atoms with Gasteiger partial charge in [0.05, 0.1) is 19.6 Å². The third-order valence-electron chi connectivity index (χ3n) is 4.98. The number of nitrogens with zero attached hydrogens (tertiary/aromatic N) is 2. The number of ether oxygens (including phenoxy) is 1. The molecule has 0 saturated carbocycles. The van der Waals surface area contributed by atoms with Crippen molar-refractivity contribution in [2.75, 3.05) is 13.7 Å². The van der Waals surface area contributed by atoms with Crippen LogP contribution < -0.4 is 15.8 Å². The summed E-state index contributed by atoms with van der Waals surface area (Å²) in [4.78, 5) is 7.25. The molecule has 3 atom stereocenters. The summed E-state index contributed by atoms with van der Waals surface area (Å²) in [5, 5.41) is 3.55. The van der Waals surface area contributed by atoms with Crippen molar-refractivity contribution in [1.82, 2.24) is 10.2 Å². The fourth-order valence-electron chi connectivity index (χ4n) is 3.74. The predicted molar refractivity (Wildman–Crippen MR) is 103 cm³/mol. The van der Waals surface area contributed by atoms with Crippen molar-refractivity contribution in [2.45, 2.75) is 24.3 Å². The van der Waals surface area contributed by atoms with Gasteiger partial charge < -0.3 is 15.4 Å². The van der Waals surface area contributed by atoms with Crippen LogP contribution in [0.5, 0.6) is 5.75 Å². The quantitative estimate of drug-likeness (QED) is 0.830. The minimum Gasteiger partial charge on any atom is -0.497 e. The van der Waals surface area contributed by atoms with Gasteiger partial charge in [0, 0.05) is 11.0 Å². The van der Waals surface area contributed by atoms with E-state index in [1.807, 2.05) is 30.6 Å². The normalized spacial score (nSPS) is 28.0. The molecule has 1 fully saturated rings. The van der Waals surface area contributed by atoms with Crippen LogP contribution in [0.3, 0.4) is 0 Å². The summed E-state index contributed by atoms with van der Waals surface area (Å²) in [6, 6.07) is 16.4. The van der Waals surface area contributed by atoms with Crippen LogP contribution >= 0.6 is 15.9 Å². The Labute approximate surface area is 156 Å². The van der Waals surface area contributed by atoms with Crippen LogP contribution in [-0.2, 0) is 5.54 Å². The summed E-state index contributed by atoms with van der Waals surface area (Å²) in [6.07, 6.45) is 2.77. The summed E-state index contributed by atoms with van der Waals surface area (Å²) < 4.78 is 6.49. The van der Waals surface area contributed by atoms with Crippen molar-refractivity contribution in [3.63, 3.8) is 0 Å². The van der Waals surface area contributed by atoms with Crippen LogP contribution in [0.25, 0.3) is 0 Å². The molecular formula is C19H21BrN4O. The standard InChI is InChI=1S/C19H21BrN4O/c1-25-16-7-3-5-14(11-16)19(13-4-2-6-15(20)10-13)18-23-17(21)8-9-24(18)12-22-19/h2-7,10-12,17-18,23H,8-9,21H2,1H3. The maximum atomic E-state index is 6.23.